The Bertz CT molecular complexity index is 1190. The molecule has 0 aliphatic rings. The third kappa shape index (κ3) is 6.20. The predicted octanol–water partition coefficient (Wildman–Crippen LogP) is 5.02. The fourth-order valence-electron chi connectivity index (χ4n) is 3.23. The molecule has 1 aromatic heterocycles. The number of carbonyl (C=O) groups is 2. The maximum atomic E-state index is 14.0. The van der Waals surface area contributed by atoms with Crippen molar-refractivity contribution >= 4 is 45.2 Å². The molecule has 1 unspecified atom stereocenters. The molecule has 1 atom stereocenters. The van der Waals surface area contributed by atoms with Crippen molar-refractivity contribution in [1.82, 2.24) is 20.1 Å². The van der Waals surface area contributed by atoms with Crippen LogP contribution in [0.3, 0.4) is 0 Å². The summed E-state index contributed by atoms with van der Waals surface area (Å²) in [6, 6.07) is 8.66. The summed E-state index contributed by atoms with van der Waals surface area (Å²) in [6.45, 7) is 5.85. The fourth-order valence-corrected chi connectivity index (χ4v) is 4.46. The zero-order chi connectivity index (χ0) is 25.0. The highest BCUT2D eigenvalue weighted by molar-refractivity contribution is 9.10. The Morgan fingerprint density at radius 2 is 1.91 bits per heavy atom. The summed E-state index contributed by atoms with van der Waals surface area (Å²) < 4.78 is 29.0. The molecule has 0 radical (unpaired) electrons. The van der Waals surface area contributed by atoms with Gasteiger partial charge in [-0.25, -0.2) is 8.78 Å². The van der Waals surface area contributed by atoms with E-state index in [1.54, 1.807) is 17.7 Å². The summed E-state index contributed by atoms with van der Waals surface area (Å²) in [5.41, 5.74) is 1.40. The zero-order valence-corrected chi connectivity index (χ0v) is 21.4. The van der Waals surface area contributed by atoms with Gasteiger partial charge >= 0.3 is 0 Å². The number of amides is 2. The van der Waals surface area contributed by atoms with E-state index in [-0.39, 0.29) is 27.7 Å². The number of hydrogen-bond acceptors (Lipinski definition) is 5. The first-order valence-electron chi connectivity index (χ1n) is 10.4. The number of aromatic nitrogens is 3. The Balaban J connectivity index is 1.69. The number of hydrogen-bond donors (Lipinski definition) is 2. The Kier molecular flexibility index (Phi) is 8.42. The second-order valence-electron chi connectivity index (χ2n) is 8.05. The van der Waals surface area contributed by atoms with E-state index in [9.17, 15) is 18.4 Å². The van der Waals surface area contributed by atoms with Crippen LogP contribution in [0.25, 0.3) is 0 Å². The molecular weight excluding hydrogens is 528 g/mol. The summed E-state index contributed by atoms with van der Waals surface area (Å²) in [5, 5.41) is 14.3. The van der Waals surface area contributed by atoms with Crippen LogP contribution in [0.4, 0.5) is 14.5 Å². The van der Waals surface area contributed by atoms with Crippen LogP contribution in [0.1, 0.15) is 41.6 Å². The largest absolute Gasteiger partial charge is 0.342 e. The van der Waals surface area contributed by atoms with Gasteiger partial charge in [-0.2, -0.15) is 0 Å². The quantitative estimate of drug-likeness (QED) is 0.383. The number of halogens is 3. The number of nitrogens with zero attached hydrogens (tertiary/aromatic N) is 3. The van der Waals surface area contributed by atoms with E-state index in [4.69, 9.17) is 0 Å². The van der Waals surface area contributed by atoms with Crippen molar-refractivity contribution in [2.75, 3.05) is 11.1 Å². The molecule has 0 spiro atoms. The van der Waals surface area contributed by atoms with Gasteiger partial charge in [-0.1, -0.05) is 43.3 Å². The molecular formula is C23H24BrF2N5O2S. The van der Waals surface area contributed by atoms with Crippen LogP contribution in [0.15, 0.2) is 46.0 Å². The molecule has 1 heterocycles. The van der Waals surface area contributed by atoms with E-state index >= 15 is 0 Å². The van der Waals surface area contributed by atoms with Crippen LogP contribution >= 0.6 is 27.7 Å². The van der Waals surface area contributed by atoms with Crippen molar-refractivity contribution in [3.05, 3.63) is 69.5 Å². The summed E-state index contributed by atoms with van der Waals surface area (Å²) in [5.74, 6) is -1.84. The molecule has 180 valence electrons. The maximum Gasteiger partial charge on any atom is 0.251 e. The van der Waals surface area contributed by atoms with Crippen molar-refractivity contribution in [1.29, 1.82) is 0 Å². The van der Waals surface area contributed by atoms with E-state index in [0.717, 1.165) is 23.4 Å². The van der Waals surface area contributed by atoms with Crippen molar-refractivity contribution < 1.29 is 18.4 Å². The maximum absolute atomic E-state index is 14.0. The predicted molar refractivity (Wildman–Crippen MR) is 131 cm³/mol. The molecule has 7 nitrogen and oxygen atoms in total. The molecule has 2 aromatic carbocycles. The number of benzene rings is 2. The minimum Gasteiger partial charge on any atom is -0.342 e. The van der Waals surface area contributed by atoms with E-state index in [1.807, 2.05) is 39.0 Å². The SMILES string of the molecule is Cc1cccc(C(=O)NC(c2nnc(SCC(=O)Nc3c(F)cc(F)cc3Br)n2C)C(C)C)c1. The Hall–Kier alpha value is -2.79. The summed E-state index contributed by atoms with van der Waals surface area (Å²) in [4.78, 5) is 25.1. The van der Waals surface area contributed by atoms with Crippen molar-refractivity contribution in [3.63, 3.8) is 0 Å². The number of rotatable bonds is 8. The average Bonchev–Trinajstić information content (AvgIpc) is 3.12. The fraction of sp³-hybridized carbons (Fsp3) is 0.304. The Labute approximate surface area is 208 Å². The number of thioether (sulfide) groups is 1. The monoisotopic (exact) mass is 551 g/mol. The van der Waals surface area contributed by atoms with Crippen LogP contribution in [-0.2, 0) is 11.8 Å². The van der Waals surface area contributed by atoms with Crippen LogP contribution < -0.4 is 10.6 Å². The summed E-state index contributed by atoms with van der Waals surface area (Å²) in [7, 11) is 1.75. The molecule has 0 saturated heterocycles. The second kappa shape index (κ2) is 11.1. The third-order valence-corrected chi connectivity index (χ3v) is 6.63. The number of aryl methyl sites for hydroxylation is 1. The molecule has 34 heavy (non-hydrogen) atoms. The highest BCUT2D eigenvalue weighted by atomic mass is 79.9. The van der Waals surface area contributed by atoms with Crippen molar-refractivity contribution in [3.8, 4) is 0 Å². The first kappa shape index (κ1) is 25.8. The van der Waals surface area contributed by atoms with E-state index < -0.39 is 23.6 Å². The van der Waals surface area contributed by atoms with Gasteiger partial charge in [0.15, 0.2) is 16.8 Å². The first-order valence-corrected chi connectivity index (χ1v) is 12.2. The normalized spacial score (nSPS) is 12.0. The minimum atomic E-state index is -0.879. The van der Waals surface area contributed by atoms with Crippen LogP contribution in [0.5, 0.6) is 0 Å². The molecule has 0 fully saturated rings. The molecule has 3 rings (SSSR count). The zero-order valence-electron chi connectivity index (χ0n) is 19.0. The molecule has 0 saturated carbocycles. The van der Waals surface area contributed by atoms with Gasteiger partial charge in [0, 0.05) is 23.2 Å². The van der Waals surface area contributed by atoms with Gasteiger partial charge in [-0.05, 0) is 47.0 Å². The number of anilines is 1. The van der Waals surface area contributed by atoms with Crippen LogP contribution in [0.2, 0.25) is 0 Å². The summed E-state index contributed by atoms with van der Waals surface area (Å²) in [6.07, 6.45) is 0. The van der Waals surface area contributed by atoms with Gasteiger partial charge in [0.05, 0.1) is 17.5 Å². The molecule has 0 bridgehead atoms. The minimum absolute atomic E-state index is 0.0246. The lowest BCUT2D eigenvalue weighted by Gasteiger charge is -2.21. The number of carbonyl (C=O) groups excluding carboxylic acids is 2. The second-order valence-corrected chi connectivity index (χ2v) is 9.84. The molecule has 2 N–H and O–H groups in total. The Morgan fingerprint density at radius 1 is 1.18 bits per heavy atom. The van der Waals surface area contributed by atoms with Gasteiger partial charge in [0.1, 0.15) is 5.82 Å². The van der Waals surface area contributed by atoms with Crippen molar-refractivity contribution in [2.45, 2.75) is 32.0 Å². The van der Waals surface area contributed by atoms with Crippen LogP contribution in [-0.4, -0.2) is 32.3 Å². The van der Waals surface area contributed by atoms with Gasteiger partial charge in [-0.3, -0.25) is 9.59 Å². The molecule has 11 heteroatoms. The standard InChI is InChI=1S/C23H24BrF2N5O2S/c1-12(2)19(28-22(33)14-7-5-6-13(3)8-14)21-29-30-23(31(21)4)34-11-18(32)27-20-16(24)9-15(25)10-17(20)26/h5-10,12,19H,11H2,1-4H3,(H,27,32)(H,28,33). The summed E-state index contributed by atoms with van der Waals surface area (Å²) >= 11 is 4.15. The highest BCUT2D eigenvalue weighted by Crippen LogP contribution is 2.28. The molecule has 2 amide bonds. The van der Waals surface area contributed by atoms with Gasteiger partial charge in [0.2, 0.25) is 5.91 Å². The lowest BCUT2D eigenvalue weighted by molar-refractivity contribution is -0.113. The Morgan fingerprint density at radius 3 is 2.56 bits per heavy atom. The first-order chi connectivity index (χ1) is 16.1. The lowest BCUT2D eigenvalue weighted by Crippen LogP contribution is -2.33. The highest BCUT2D eigenvalue weighted by Gasteiger charge is 2.25. The molecule has 3 aromatic rings. The topological polar surface area (TPSA) is 88.9 Å². The number of nitrogens with one attached hydrogen (secondary N) is 2. The lowest BCUT2D eigenvalue weighted by atomic mass is 10.0. The van der Waals surface area contributed by atoms with Gasteiger partial charge < -0.3 is 15.2 Å². The van der Waals surface area contributed by atoms with Gasteiger partial charge in [-0.15, -0.1) is 10.2 Å². The van der Waals surface area contributed by atoms with Gasteiger partial charge in [0.25, 0.3) is 5.91 Å². The van der Waals surface area contributed by atoms with E-state index in [1.165, 1.54) is 0 Å². The van der Waals surface area contributed by atoms with E-state index in [2.05, 4.69) is 36.8 Å². The van der Waals surface area contributed by atoms with Crippen LogP contribution in [0, 0.1) is 24.5 Å². The molecule has 0 aliphatic heterocycles. The molecule has 0 aliphatic carbocycles. The smallest absolute Gasteiger partial charge is 0.251 e. The average molecular weight is 552 g/mol. The third-order valence-electron chi connectivity index (χ3n) is 4.98. The van der Waals surface area contributed by atoms with Crippen molar-refractivity contribution in [2.24, 2.45) is 13.0 Å². The van der Waals surface area contributed by atoms with E-state index in [0.29, 0.717) is 22.6 Å².